The van der Waals surface area contributed by atoms with E-state index in [0.717, 1.165) is 37.0 Å². The minimum Gasteiger partial charge on any atom is -0.206 e. The first-order valence-electron chi connectivity index (χ1n) is 5.33. The molecule has 1 aliphatic rings. The molecule has 0 amide bonds. The molecule has 1 saturated carbocycles. The van der Waals surface area contributed by atoms with Crippen LogP contribution in [0.2, 0.25) is 4.34 Å². The van der Waals surface area contributed by atoms with Gasteiger partial charge in [0.1, 0.15) is 4.21 Å². The Kier molecular flexibility index (Phi) is 4.20. The molecule has 0 aromatic carbocycles. The molecule has 0 radical (unpaired) electrons. The summed E-state index contributed by atoms with van der Waals surface area (Å²) in [7, 11) is -3.44. The van der Waals surface area contributed by atoms with Gasteiger partial charge in [0.05, 0.1) is 4.34 Å². The van der Waals surface area contributed by atoms with Gasteiger partial charge in [0.15, 0.2) is 0 Å². The van der Waals surface area contributed by atoms with Gasteiger partial charge in [-0.05, 0) is 25.0 Å². The molecule has 0 spiro atoms. The summed E-state index contributed by atoms with van der Waals surface area (Å²) in [6.45, 7) is 0. The van der Waals surface area contributed by atoms with Crippen molar-refractivity contribution in [3.63, 3.8) is 0 Å². The molecule has 1 aliphatic carbocycles. The largest absolute Gasteiger partial charge is 0.250 e. The summed E-state index contributed by atoms with van der Waals surface area (Å²) in [4.78, 5) is 0. The van der Waals surface area contributed by atoms with Crippen LogP contribution in [0.5, 0.6) is 0 Å². The van der Waals surface area contributed by atoms with Gasteiger partial charge in [-0.3, -0.25) is 0 Å². The molecule has 1 aromatic heterocycles. The third-order valence-electron chi connectivity index (χ3n) is 2.98. The lowest BCUT2D eigenvalue weighted by Gasteiger charge is -2.27. The Labute approximate surface area is 119 Å². The molecular formula is C10H13BrClNO2S2. The van der Waals surface area contributed by atoms with Gasteiger partial charge in [0, 0.05) is 10.9 Å². The van der Waals surface area contributed by atoms with Gasteiger partial charge >= 0.3 is 0 Å². The summed E-state index contributed by atoms with van der Waals surface area (Å²) in [5.41, 5.74) is -0.324. The van der Waals surface area contributed by atoms with Gasteiger partial charge in [-0.15, -0.1) is 11.3 Å². The SMILES string of the molecule is O=S(=O)(NC1(CBr)CCCC1)c1ccc(Cl)s1. The molecule has 96 valence electrons. The molecule has 0 atom stereocenters. The van der Waals surface area contributed by atoms with Crippen molar-refractivity contribution in [2.24, 2.45) is 0 Å². The van der Waals surface area contributed by atoms with Gasteiger partial charge in [-0.25, -0.2) is 13.1 Å². The van der Waals surface area contributed by atoms with E-state index in [1.165, 1.54) is 0 Å². The Bertz CT molecular complexity index is 494. The topological polar surface area (TPSA) is 46.2 Å². The number of alkyl halides is 1. The molecular weight excluding hydrogens is 346 g/mol. The maximum Gasteiger partial charge on any atom is 0.250 e. The number of nitrogens with one attached hydrogen (secondary N) is 1. The third kappa shape index (κ3) is 3.04. The number of rotatable bonds is 4. The molecule has 1 heterocycles. The highest BCUT2D eigenvalue weighted by Gasteiger charge is 2.37. The molecule has 0 saturated heterocycles. The predicted octanol–water partition coefficient (Wildman–Crippen LogP) is 3.39. The van der Waals surface area contributed by atoms with Crippen molar-refractivity contribution >= 4 is 48.9 Å². The Morgan fingerprint density at radius 1 is 1.41 bits per heavy atom. The average molecular weight is 359 g/mol. The third-order valence-corrected chi connectivity index (χ3v) is 7.36. The van der Waals surface area contributed by atoms with Crippen LogP contribution in [0.1, 0.15) is 25.7 Å². The number of hydrogen-bond donors (Lipinski definition) is 1. The summed E-state index contributed by atoms with van der Waals surface area (Å²) in [6, 6.07) is 3.16. The van der Waals surface area contributed by atoms with E-state index in [2.05, 4.69) is 20.7 Å². The van der Waals surface area contributed by atoms with Crippen LogP contribution in [0.4, 0.5) is 0 Å². The van der Waals surface area contributed by atoms with E-state index in [0.29, 0.717) is 9.67 Å². The van der Waals surface area contributed by atoms with Crippen molar-refractivity contribution in [3.8, 4) is 0 Å². The van der Waals surface area contributed by atoms with E-state index < -0.39 is 10.0 Å². The van der Waals surface area contributed by atoms with Crippen LogP contribution >= 0.6 is 38.9 Å². The second kappa shape index (κ2) is 5.17. The molecule has 0 aliphatic heterocycles. The molecule has 1 N–H and O–H groups in total. The number of thiophene rings is 1. The highest BCUT2D eigenvalue weighted by atomic mass is 79.9. The second-order valence-electron chi connectivity index (χ2n) is 4.29. The predicted molar refractivity (Wildman–Crippen MR) is 74.6 cm³/mol. The minimum absolute atomic E-state index is 0.287. The van der Waals surface area contributed by atoms with Crippen molar-refractivity contribution < 1.29 is 8.42 Å². The molecule has 7 heteroatoms. The van der Waals surface area contributed by atoms with Gasteiger partial charge in [0.25, 0.3) is 10.0 Å². The summed E-state index contributed by atoms with van der Waals surface area (Å²) in [6.07, 6.45) is 3.91. The van der Waals surface area contributed by atoms with Crippen molar-refractivity contribution in [1.82, 2.24) is 4.72 Å². The lowest BCUT2D eigenvalue weighted by Crippen LogP contribution is -2.47. The van der Waals surface area contributed by atoms with E-state index in [4.69, 9.17) is 11.6 Å². The smallest absolute Gasteiger partial charge is 0.206 e. The highest BCUT2D eigenvalue weighted by molar-refractivity contribution is 9.09. The average Bonchev–Trinajstić information content (AvgIpc) is 2.87. The maximum atomic E-state index is 12.2. The van der Waals surface area contributed by atoms with E-state index in [1.54, 1.807) is 12.1 Å². The second-order valence-corrected chi connectivity index (χ2v) is 8.47. The minimum atomic E-state index is -3.44. The number of halogens is 2. The number of sulfonamides is 1. The molecule has 1 aromatic rings. The van der Waals surface area contributed by atoms with E-state index in [-0.39, 0.29) is 9.75 Å². The van der Waals surface area contributed by atoms with Crippen LogP contribution in [-0.2, 0) is 10.0 Å². The molecule has 17 heavy (non-hydrogen) atoms. The zero-order chi connectivity index (χ0) is 12.5. The van der Waals surface area contributed by atoms with Gasteiger partial charge in [-0.1, -0.05) is 40.4 Å². The molecule has 2 rings (SSSR count). The fourth-order valence-electron chi connectivity index (χ4n) is 2.09. The van der Waals surface area contributed by atoms with Crippen molar-refractivity contribution in [2.45, 2.75) is 35.4 Å². The van der Waals surface area contributed by atoms with Crippen LogP contribution in [0.3, 0.4) is 0 Å². The first-order chi connectivity index (χ1) is 7.97. The van der Waals surface area contributed by atoms with Crippen LogP contribution < -0.4 is 4.72 Å². The number of hydrogen-bond acceptors (Lipinski definition) is 3. The van der Waals surface area contributed by atoms with E-state index in [1.807, 2.05) is 0 Å². The lowest BCUT2D eigenvalue weighted by atomic mass is 10.0. The van der Waals surface area contributed by atoms with Crippen LogP contribution in [0.25, 0.3) is 0 Å². The van der Waals surface area contributed by atoms with Crippen LogP contribution in [0, 0.1) is 0 Å². The molecule has 0 bridgehead atoms. The summed E-state index contributed by atoms with van der Waals surface area (Å²) >= 11 is 10.3. The standard InChI is InChI=1S/C10H13BrClNO2S2/c11-7-10(5-1-2-6-10)13-17(14,15)9-4-3-8(12)16-9/h3-4,13H,1-2,5-7H2. The maximum absolute atomic E-state index is 12.2. The van der Waals surface area contributed by atoms with Crippen molar-refractivity contribution in [2.75, 3.05) is 5.33 Å². The Morgan fingerprint density at radius 3 is 2.53 bits per heavy atom. The summed E-state index contributed by atoms with van der Waals surface area (Å²) < 4.78 is 28.0. The van der Waals surface area contributed by atoms with Crippen LogP contribution in [-0.4, -0.2) is 19.3 Å². The highest BCUT2D eigenvalue weighted by Crippen LogP contribution is 2.34. The van der Waals surface area contributed by atoms with E-state index in [9.17, 15) is 8.42 Å². The van der Waals surface area contributed by atoms with Crippen LogP contribution in [0.15, 0.2) is 16.3 Å². The Hall–Kier alpha value is 0.380. The zero-order valence-corrected chi connectivity index (χ0v) is 13.1. The fraction of sp³-hybridized carbons (Fsp3) is 0.600. The normalized spacial score (nSPS) is 19.6. The van der Waals surface area contributed by atoms with Gasteiger partial charge < -0.3 is 0 Å². The monoisotopic (exact) mass is 357 g/mol. The summed E-state index contributed by atoms with van der Waals surface area (Å²) in [5.74, 6) is 0. The molecule has 0 unspecified atom stereocenters. The fourth-order valence-corrected chi connectivity index (χ4v) is 5.92. The van der Waals surface area contributed by atoms with Gasteiger partial charge in [0.2, 0.25) is 0 Å². The molecule has 1 fully saturated rings. The van der Waals surface area contributed by atoms with Crippen molar-refractivity contribution in [3.05, 3.63) is 16.5 Å². The quantitative estimate of drug-likeness (QED) is 0.839. The van der Waals surface area contributed by atoms with E-state index >= 15 is 0 Å². The first-order valence-corrected chi connectivity index (χ1v) is 9.13. The Morgan fingerprint density at radius 2 is 2.06 bits per heavy atom. The van der Waals surface area contributed by atoms with Gasteiger partial charge in [-0.2, -0.15) is 0 Å². The lowest BCUT2D eigenvalue weighted by molar-refractivity contribution is 0.438. The zero-order valence-electron chi connectivity index (χ0n) is 9.08. The Balaban J connectivity index is 2.22. The first kappa shape index (κ1) is 13.8. The van der Waals surface area contributed by atoms with Crippen molar-refractivity contribution in [1.29, 1.82) is 0 Å². The molecule has 3 nitrogen and oxygen atoms in total. The summed E-state index contributed by atoms with van der Waals surface area (Å²) in [5, 5.41) is 0.651.